The van der Waals surface area contributed by atoms with Gasteiger partial charge in [-0.15, -0.1) is 0 Å². The lowest BCUT2D eigenvalue weighted by Crippen LogP contribution is -2.17. The van der Waals surface area contributed by atoms with Crippen LogP contribution in [0.3, 0.4) is 0 Å². The topological polar surface area (TPSA) is 54.0 Å². The third kappa shape index (κ3) is 9.27. The predicted molar refractivity (Wildman–Crippen MR) is 129 cm³/mol. The van der Waals surface area contributed by atoms with Crippen molar-refractivity contribution in [3.05, 3.63) is 78.9 Å². The first-order valence-corrected chi connectivity index (χ1v) is 11.6. The van der Waals surface area contributed by atoms with Gasteiger partial charge in [-0.3, -0.25) is 0 Å². The van der Waals surface area contributed by atoms with Crippen molar-refractivity contribution in [3.8, 4) is 28.7 Å². The molecule has 0 saturated heterocycles. The molecule has 5 heteroatoms. The van der Waals surface area contributed by atoms with E-state index in [1.54, 1.807) is 36.4 Å². The maximum Gasteiger partial charge on any atom is 0.349 e. The normalized spacial score (nSPS) is 10.5. The molecule has 0 spiro atoms. The number of carbonyl (C=O) groups is 1. The summed E-state index contributed by atoms with van der Waals surface area (Å²) in [5.74, 6) is 2.75. The first-order valence-electron chi connectivity index (χ1n) is 11.6. The van der Waals surface area contributed by atoms with Crippen LogP contribution in [0.25, 0.3) is 0 Å². The summed E-state index contributed by atoms with van der Waals surface area (Å²) in [6.07, 6.45) is 7.41. The third-order valence-electron chi connectivity index (χ3n) is 4.98. The molecule has 0 amide bonds. The highest BCUT2D eigenvalue weighted by molar-refractivity contribution is 5.74. The van der Waals surface area contributed by atoms with Gasteiger partial charge in [0.25, 0.3) is 0 Å². The summed E-state index contributed by atoms with van der Waals surface area (Å²) in [4.78, 5) is 12.1. The van der Waals surface area contributed by atoms with E-state index in [0.717, 1.165) is 17.9 Å². The van der Waals surface area contributed by atoms with Crippen molar-refractivity contribution in [1.29, 1.82) is 0 Å². The molecule has 0 unspecified atom stereocenters. The van der Waals surface area contributed by atoms with Crippen LogP contribution in [-0.2, 0) is 4.79 Å². The number of benzene rings is 3. The molecule has 0 fully saturated rings. The number of unbranched alkanes of at least 4 members (excludes halogenated alkanes) is 5. The lowest BCUT2D eigenvalue weighted by Gasteiger charge is -2.09. The van der Waals surface area contributed by atoms with Crippen LogP contribution in [0, 0.1) is 0 Å². The Labute approximate surface area is 196 Å². The molecular formula is C28H32O5. The molecule has 0 aliphatic heterocycles. The number of para-hydroxylation sites is 1. The van der Waals surface area contributed by atoms with Crippen LogP contribution in [0.4, 0.5) is 0 Å². The molecule has 0 bridgehead atoms. The van der Waals surface area contributed by atoms with Crippen molar-refractivity contribution in [2.45, 2.75) is 45.4 Å². The molecular weight excluding hydrogens is 416 g/mol. The fourth-order valence-electron chi connectivity index (χ4n) is 3.21. The summed E-state index contributed by atoms with van der Waals surface area (Å²) in [5, 5.41) is 0. The highest BCUT2D eigenvalue weighted by Gasteiger charge is 2.07. The van der Waals surface area contributed by atoms with Crippen LogP contribution >= 0.6 is 0 Å². The third-order valence-corrected chi connectivity index (χ3v) is 4.98. The summed E-state index contributed by atoms with van der Waals surface area (Å²) < 4.78 is 22.3. The van der Waals surface area contributed by atoms with Crippen molar-refractivity contribution < 1.29 is 23.7 Å². The molecule has 33 heavy (non-hydrogen) atoms. The fourth-order valence-corrected chi connectivity index (χ4v) is 3.21. The Bertz CT molecular complexity index is 936. The molecule has 5 nitrogen and oxygen atoms in total. The van der Waals surface area contributed by atoms with Crippen LogP contribution in [0.2, 0.25) is 0 Å². The van der Waals surface area contributed by atoms with Crippen LogP contribution in [0.15, 0.2) is 78.9 Å². The van der Waals surface area contributed by atoms with E-state index in [9.17, 15) is 4.79 Å². The average molecular weight is 449 g/mol. The Morgan fingerprint density at radius 2 is 1.15 bits per heavy atom. The van der Waals surface area contributed by atoms with Gasteiger partial charge in [0.15, 0.2) is 6.61 Å². The van der Waals surface area contributed by atoms with Crippen molar-refractivity contribution in [2.75, 3.05) is 13.2 Å². The zero-order valence-corrected chi connectivity index (χ0v) is 19.2. The van der Waals surface area contributed by atoms with E-state index in [2.05, 4.69) is 6.92 Å². The van der Waals surface area contributed by atoms with Gasteiger partial charge in [0.05, 0.1) is 6.61 Å². The first kappa shape index (κ1) is 24.2. The molecule has 3 rings (SSSR count). The van der Waals surface area contributed by atoms with E-state index >= 15 is 0 Å². The highest BCUT2D eigenvalue weighted by Crippen LogP contribution is 2.24. The Morgan fingerprint density at radius 3 is 1.85 bits per heavy atom. The number of hydrogen-bond donors (Lipinski definition) is 0. The zero-order valence-electron chi connectivity index (χ0n) is 19.2. The van der Waals surface area contributed by atoms with E-state index in [-0.39, 0.29) is 6.61 Å². The lowest BCUT2D eigenvalue weighted by molar-refractivity contribution is -0.136. The van der Waals surface area contributed by atoms with Crippen molar-refractivity contribution in [3.63, 3.8) is 0 Å². The lowest BCUT2D eigenvalue weighted by atomic mass is 10.1. The van der Waals surface area contributed by atoms with Gasteiger partial charge in [0, 0.05) is 0 Å². The second-order valence-electron chi connectivity index (χ2n) is 7.74. The SMILES string of the molecule is CCCCCCCCOc1ccc(OCC(=O)Oc2ccc(Oc3ccccc3)cc2)cc1. The standard InChI is InChI=1S/C28H32O5/c1-2-3-4-5-6-10-21-30-23-13-15-24(16-14-23)31-22-28(29)33-27-19-17-26(18-20-27)32-25-11-8-7-9-12-25/h7-9,11-20H,2-6,10,21-22H2,1H3. The Kier molecular flexibility index (Phi) is 10.1. The maximum atomic E-state index is 12.1. The molecule has 0 aliphatic carbocycles. The van der Waals surface area contributed by atoms with Crippen molar-refractivity contribution in [2.24, 2.45) is 0 Å². The minimum absolute atomic E-state index is 0.180. The van der Waals surface area contributed by atoms with E-state index in [1.807, 2.05) is 42.5 Å². The largest absolute Gasteiger partial charge is 0.494 e. The minimum Gasteiger partial charge on any atom is -0.494 e. The summed E-state index contributed by atoms with van der Waals surface area (Å²) >= 11 is 0. The predicted octanol–water partition coefficient (Wildman–Crippen LogP) is 7.20. The molecule has 0 aromatic heterocycles. The van der Waals surface area contributed by atoms with Crippen molar-refractivity contribution in [1.82, 2.24) is 0 Å². The van der Waals surface area contributed by atoms with Crippen LogP contribution in [-0.4, -0.2) is 19.2 Å². The quantitative estimate of drug-likeness (QED) is 0.148. The van der Waals surface area contributed by atoms with Crippen LogP contribution in [0.5, 0.6) is 28.7 Å². The Balaban J connectivity index is 1.34. The molecule has 174 valence electrons. The monoisotopic (exact) mass is 448 g/mol. The number of carbonyl (C=O) groups excluding carboxylic acids is 1. The van der Waals surface area contributed by atoms with Gasteiger partial charge in [-0.25, -0.2) is 4.79 Å². The number of ether oxygens (including phenoxy) is 4. The summed E-state index contributed by atoms with van der Waals surface area (Å²) in [7, 11) is 0. The van der Waals surface area contributed by atoms with Gasteiger partial charge in [-0.05, 0) is 67.1 Å². The summed E-state index contributed by atoms with van der Waals surface area (Å²) in [6.45, 7) is 2.76. The maximum absolute atomic E-state index is 12.1. The number of rotatable bonds is 14. The minimum atomic E-state index is -0.477. The molecule has 0 aliphatic rings. The fraction of sp³-hybridized carbons (Fsp3) is 0.321. The second-order valence-corrected chi connectivity index (χ2v) is 7.74. The summed E-state index contributed by atoms with van der Waals surface area (Å²) in [5.41, 5.74) is 0. The molecule has 0 saturated carbocycles. The van der Waals surface area contributed by atoms with E-state index in [0.29, 0.717) is 23.9 Å². The Hall–Kier alpha value is -3.47. The second kappa shape index (κ2) is 13.8. The summed E-state index contributed by atoms with van der Waals surface area (Å²) in [6, 6.07) is 23.6. The van der Waals surface area contributed by atoms with Gasteiger partial charge in [-0.2, -0.15) is 0 Å². The van der Waals surface area contributed by atoms with E-state index < -0.39 is 5.97 Å². The van der Waals surface area contributed by atoms with Crippen LogP contribution in [0.1, 0.15) is 45.4 Å². The van der Waals surface area contributed by atoms with E-state index in [4.69, 9.17) is 18.9 Å². The van der Waals surface area contributed by atoms with Crippen LogP contribution < -0.4 is 18.9 Å². The molecule has 0 radical (unpaired) electrons. The Morgan fingerprint density at radius 1 is 0.606 bits per heavy atom. The number of esters is 1. The average Bonchev–Trinajstić information content (AvgIpc) is 2.85. The first-order chi connectivity index (χ1) is 16.2. The van der Waals surface area contributed by atoms with E-state index in [1.165, 1.54) is 32.1 Å². The molecule has 0 heterocycles. The molecule has 0 N–H and O–H groups in total. The molecule has 3 aromatic rings. The smallest absolute Gasteiger partial charge is 0.349 e. The highest BCUT2D eigenvalue weighted by atomic mass is 16.6. The zero-order chi connectivity index (χ0) is 23.1. The number of hydrogen-bond acceptors (Lipinski definition) is 5. The molecule has 0 atom stereocenters. The van der Waals surface area contributed by atoms with Gasteiger partial charge < -0.3 is 18.9 Å². The van der Waals surface area contributed by atoms with Gasteiger partial charge in [0.2, 0.25) is 0 Å². The van der Waals surface area contributed by atoms with Gasteiger partial charge in [-0.1, -0.05) is 57.2 Å². The molecule has 3 aromatic carbocycles. The van der Waals surface area contributed by atoms with Gasteiger partial charge in [0.1, 0.15) is 28.7 Å². The van der Waals surface area contributed by atoms with Crippen molar-refractivity contribution >= 4 is 5.97 Å². The van der Waals surface area contributed by atoms with Gasteiger partial charge >= 0.3 is 5.97 Å².